The minimum atomic E-state index is -0.0561. The minimum Gasteiger partial charge on any atom is -0.383 e. The van der Waals surface area contributed by atoms with Crippen molar-refractivity contribution in [2.45, 2.75) is 31.2 Å². The molecule has 0 bridgehead atoms. The van der Waals surface area contributed by atoms with E-state index in [-0.39, 0.29) is 24.0 Å². The van der Waals surface area contributed by atoms with E-state index in [1.54, 1.807) is 7.11 Å². The molecule has 114 valence electrons. The maximum Gasteiger partial charge on any atom is 0.248 e. The first-order valence-corrected chi connectivity index (χ1v) is 7.19. The summed E-state index contributed by atoms with van der Waals surface area (Å²) in [4.78, 5) is 27.7. The molecule has 2 aliphatic rings. The van der Waals surface area contributed by atoms with Crippen LogP contribution < -0.4 is 0 Å². The number of amides is 2. The van der Waals surface area contributed by atoms with Gasteiger partial charge in [0, 0.05) is 45.8 Å². The molecule has 2 saturated heterocycles. The largest absolute Gasteiger partial charge is 0.383 e. The van der Waals surface area contributed by atoms with Crippen molar-refractivity contribution in [1.82, 2.24) is 9.80 Å². The Balaban J connectivity index is 1.96. The number of nitrogens with zero attached hydrogens (tertiary/aromatic N) is 2. The number of rotatable bonds is 5. The average Bonchev–Trinajstić information content (AvgIpc) is 2.74. The van der Waals surface area contributed by atoms with Gasteiger partial charge in [-0.2, -0.15) is 0 Å². The second-order valence-corrected chi connectivity index (χ2v) is 5.58. The quantitative estimate of drug-likeness (QED) is 0.727. The predicted molar refractivity (Wildman–Crippen MR) is 73.2 cm³/mol. The highest BCUT2D eigenvalue weighted by molar-refractivity contribution is 5.80. The van der Waals surface area contributed by atoms with E-state index in [0.29, 0.717) is 32.7 Å². The van der Waals surface area contributed by atoms with Crippen LogP contribution in [0.4, 0.5) is 0 Å². The van der Waals surface area contributed by atoms with E-state index >= 15 is 0 Å². The van der Waals surface area contributed by atoms with E-state index in [9.17, 15) is 9.59 Å². The first-order chi connectivity index (χ1) is 9.63. The molecule has 0 aromatic carbocycles. The molecule has 0 atom stereocenters. The van der Waals surface area contributed by atoms with Gasteiger partial charge in [0.25, 0.3) is 0 Å². The normalized spacial score (nSPS) is 21.8. The molecule has 2 amide bonds. The van der Waals surface area contributed by atoms with Crippen molar-refractivity contribution in [3.05, 3.63) is 0 Å². The van der Waals surface area contributed by atoms with Gasteiger partial charge in [-0.05, 0) is 19.3 Å². The molecular weight excluding hydrogens is 260 g/mol. The molecule has 0 saturated carbocycles. The van der Waals surface area contributed by atoms with Crippen LogP contribution in [-0.4, -0.2) is 74.2 Å². The zero-order valence-electron chi connectivity index (χ0n) is 12.4. The number of ether oxygens (including phenoxy) is 2. The summed E-state index contributed by atoms with van der Waals surface area (Å²) in [6, 6.07) is 0. The number of hydrogen-bond donors (Lipinski definition) is 0. The Bertz CT molecular complexity index is 364. The zero-order chi connectivity index (χ0) is 14.6. The van der Waals surface area contributed by atoms with Gasteiger partial charge in [0.2, 0.25) is 11.8 Å². The molecule has 0 aromatic heterocycles. The number of carbonyl (C=O) groups excluding carboxylic acids is 2. The first kappa shape index (κ1) is 15.3. The summed E-state index contributed by atoms with van der Waals surface area (Å²) in [5.41, 5.74) is -0.0561. The second kappa shape index (κ2) is 6.54. The van der Waals surface area contributed by atoms with Gasteiger partial charge in [0.1, 0.15) is 6.61 Å². The lowest BCUT2D eigenvalue weighted by Gasteiger charge is -2.45. The van der Waals surface area contributed by atoms with Crippen LogP contribution in [0.5, 0.6) is 0 Å². The standard InChI is InChI=1S/C14H24N2O4/c1-19-10-9-16-12(17)3-4-14(16)5-7-15(8-6-14)13(18)11-20-2/h3-11H2,1-2H3. The van der Waals surface area contributed by atoms with Gasteiger partial charge < -0.3 is 19.3 Å². The van der Waals surface area contributed by atoms with Crippen LogP contribution in [0.3, 0.4) is 0 Å². The van der Waals surface area contributed by atoms with E-state index in [0.717, 1.165) is 19.3 Å². The monoisotopic (exact) mass is 284 g/mol. The van der Waals surface area contributed by atoms with Crippen LogP contribution in [0.1, 0.15) is 25.7 Å². The molecule has 0 aliphatic carbocycles. The van der Waals surface area contributed by atoms with E-state index in [1.807, 2.05) is 9.80 Å². The van der Waals surface area contributed by atoms with E-state index in [4.69, 9.17) is 9.47 Å². The maximum atomic E-state index is 12.0. The number of piperidine rings is 1. The second-order valence-electron chi connectivity index (χ2n) is 5.58. The Morgan fingerprint density at radius 3 is 2.50 bits per heavy atom. The first-order valence-electron chi connectivity index (χ1n) is 7.19. The van der Waals surface area contributed by atoms with Crippen molar-refractivity contribution in [1.29, 1.82) is 0 Å². The number of likely N-dealkylation sites (tertiary alicyclic amines) is 2. The molecule has 2 aliphatic heterocycles. The topological polar surface area (TPSA) is 59.1 Å². The Labute approximate surface area is 120 Å². The molecule has 20 heavy (non-hydrogen) atoms. The van der Waals surface area contributed by atoms with Crippen LogP contribution in [0.15, 0.2) is 0 Å². The molecule has 1 spiro atoms. The molecule has 0 radical (unpaired) electrons. The molecule has 2 heterocycles. The highest BCUT2D eigenvalue weighted by atomic mass is 16.5. The van der Waals surface area contributed by atoms with Gasteiger partial charge in [-0.1, -0.05) is 0 Å². The van der Waals surface area contributed by atoms with Crippen molar-refractivity contribution >= 4 is 11.8 Å². The Kier molecular flexibility index (Phi) is 4.99. The lowest BCUT2D eigenvalue weighted by Crippen LogP contribution is -2.55. The third kappa shape index (κ3) is 2.96. The molecule has 6 nitrogen and oxygen atoms in total. The summed E-state index contributed by atoms with van der Waals surface area (Å²) in [5, 5.41) is 0. The third-order valence-electron chi connectivity index (χ3n) is 4.51. The zero-order valence-corrected chi connectivity index (χ0v) is 12.4. The summed E-state index contributed by atoms with van der Waals surface area (Å²) in [7, 11) is 3.19. The van der Waals surface area contributed by atoms with Crippen LogP contribution in [0.2, 0.25) is 0 Å². The molecule has 6 heteroatoms. The molecule has 2 rings (SSSR count). The molecule has 0 N–H and O–H groups in total. The number of hydrogen-bond acceptors (Lipinski definition) is 4. The third-order valence-corrected chi connectivity index (χ3v) is 4.51. The fraction of sp³-hybridized carbons (Fsp3) is 0.857. The smallest absolute Gasteiger partial charge is 0.248 e. The summed E-state index contributed by atoms with van der Waals surface area (Å²) in [6.07, 6.45) is 3.24. The fourth-order valence-corrected chi connectivity index (χ4v) is 3.33. The van der Waals surface area contributed by atoms with Gasteiger partial charge in [0.05, 0.1) is 6.61 Å². The van der Waals surface area contributed by atoms with E-state index < -0.39 is 0 Å². The fourth-order valence-electron chi connectivity index (χ4n) is 3.33. The predicted octanol–water partition coefficient (Wildman–Crippen LogP) is 0.263. The lowest BCUT2D eigenvalue weighted by atomic mass is 9.85. The number of methoxy groups -OCH3 is 2. The van der Waals surface area contributed by atoms with Crippen LogP contribution in [0, 0.1) is 0 Å². The molecular formula is C14H24N2O4. The van der Waals surface area contributed by atoms with Gasteiger partial charge >= 0.3 is 0 Å². The molecule has 0 unspecified atom stereocenters. The Morgan fingerprint density at radius 2 is 1.90 bits per heavy atom. The van der Waals surface area contributed by atoms with E-state index in [2.05, 4.69) is 0 Å². The lowest BCUT2D eigenvalue weighted by molar-refractivity contribution is -0.139. The summed E-state index contributed by atoms with van der Waals surface area (Å²) in [6.45, 7) is 2.78. The summed E-state index contributed by atoms with van der Waals surface area (Å²) < 4.78 is 10.00. The summed E-state index contributed by atoms with van der Waals surface area (Å²) >= 11 is 0. The van der Waals surface area contributed by atoms with Crippen molar-refractivity contribution in [3.63, 3.8) is 0 Å². The van der Waals surface area contributed by atoms with Crippen LogP contribution >= 0.6 is 0 Å². The summed E-state index contributed by atoms with van der Waals surface area (Å²) in [5.74, 6) is 0.258. The Morgan fingerprint density at radius 1 is 1.20 bits per heavy atom. The van der Waals surface area contributed by atoms with Crippen LogP contribution in [0.25, 0.3) is 0 Å². The van der Waals surface area contributed by atoms with Crippen molar-refractivity contribution < 1.29 is 19.1 Å². The highest BCUT2D eigenvalue weighted by Crippen LogP contribution is 2.38. The highest BCUT2D eigenvalue weighted by Gasteiger charge is 2.46. The SMILES string of the molecule is COCCN1C(=O)CCC12CCN(C(=O)COC)CC2. The van der Waals surface area contributed by atoms with Crippen molar-refractivity contribution in [2.24, 2.45) is 0 Å². The average molecular weight is 284 g/mol. The Hall–Kier alpha value is -1.14. The van der Waals surface area contributed by atoms with Crippen molar-refractivity contribution in [2.75, 3.05) is 47.1 Å². The van der Waals surface area contributed by atoms with Crippen LogP contribution in [-0.2, 0) is 19.1 Å². The molecule has 0 aromatic rings. The molecule has 2 fully saturated rings. The van der Waals surface area contributed by atoms with Gasteiger partial charge in [-0.3, -0.25) is 9.59 Å². The van der Waals surface area contributed by atoms with E-state index in [1.165, 1.54) is 7.11 Å². The maximum absolute atomic E-state index is 12.0. The van der Waals surface area contributed by atoms with Gasteiger partial charge in [0.15, 0.2) is 0 Å². The van der Waals surface area contributed by atoms with Crippen molar-refractivity contribution in [3.8, 4) is 0 Å². The van der Waals surface area contributed by atoms with Gasteiger partial charge in [-0.15, -0.1) is 0 Å². The van der Waals surface area contributed by atoms with Gasteiger partial charge in [-0.25, -0.2) is 0 Å². The number of carbonyl (C=O) groups is 2. The minimum absolute atomic E-state index is 0.0371.